The fourth-order valence-corrected chi connectivity index (χ4v) is 3.69. The molecule has 2 aliphatic rings. The zero-order chi connectivity index (χ0) is 21.2. The largest absolute Gasteiger partial charge is 0.454 e. The normalized spacial score (nSPS) is 15.1. The summed E-state index contributed by atoms with van der Waals surface area (Å²) in [4.78, 5) is 16.6. The standard InChI is InChI=1S/C23H23N5O3/c1-16-2-4-17(5-3-16)19-7-9-22(26-25-19)27-10-12-28(13-11-27)23(29)24-18-6-8-20-21(14-18)31-15-30-20/h2-9,14H,10-13,15H2,1H3,(H,24,29). The Morgan fingerprint density at radius 1 is 0.903 bits per heavy atom. The van der Waals surface area contributed by atoms with E-state index in [1.807, 2.05) is 18.2 Å². The number of aryl methyl sites for hydroxylation is 1. The summed E-state index contributed by atoms with van der Waals surface area (Å²) in [6.07, 6.45) is 0. The van der Waals surface area contributed by atoms with E-state index in [1.54, 1.807) is 17.0 Å². The third-order valence-corrected chi connectivity index (χ3v) is 5.51. The number of carbonyl (C=O) groups excluding carboxylic acids is 1. The van der Waals surface area contributed by atoms with Crippen molar-refractivity contribution in [3.05, 3.63) is 60.2 Å². The summed E-state index contributed by atoms with van der Waals surface area (Å²) >= 11 is 0. The molecule has 8 heteroatoms. The Kier molecular flexibility index (Phi) is 5.03. The predicted octanol–water partition coefficient (Wildman–Crippen LogP) is 3.53. The third kappa shape index (κ3) is 4.09. The molecular weight excluding hydrogens is 394 g/mol. The Morgan fingerprint density at radius 2 is 1.68 bits per heavy atom. The summed E-state index contributed by atoms with van der Waals surface area (Å²) in [7, 11) is 0. The fraction of sp³-hybridized carbons (Fsp3) is 0.261. The summed E-state index contributed by atoms with van der Waals surface area (Å²) in [5, 5.41) is 11.7. The van der Waals surface area contributed by atoms with E-state index < -0.39 is 0 Å². The number of rotatable bonds is 3. The predicted molar refractivity (Wildman–Crippen MR) is 118 cm³/mol. The van der Waals surface area contributed by atoms with Gasteiger partial charge in [0.2, 0.25) is 6.79 Å². The smallest absolute Gasteiger partial charge is 0.321 e. The maximum absolute atomic E-state index is 12.6. The van der Waals surface area contributed by atoms with Crippen LogP contribution in [0.2, 0.25) is 0 Å². The fourth-order valence-electron chi connectivity index (χ4n) is 3.69. The van der Waals surface area contributed by atoms with E-state index in [2.05, 4.69) is 51.6 Å². The van der Waals surface area contributed by atoms with E-state index in [4.69, 9.17) is 9.47 Å². The lowest BCUT2D eigenvalue weighted by molar-refractivity contribution is 0.174. The molecule has 0 saturated carbocycles. The third-order valence-electron chi connectivity index (χ3n) is 5.51. The molecule has 0 atom stereocenters. The maximum Gasteiger partial charge on any atom is 0.321 e. The van der Waals surface area contributed by atoms with Gasteiger partial charge in [0, 0.05) is 43.5 Å². The monoisotopic (exact) mass is 417 g/mol. The van der Waals surface area contributed by atoms with Gasteiger partial charge in [-0.25, -0.2) is 4.79 Å². The average molecular weight is 417 g/mol. The van der Waals surface area contributed by atoms with E-state index in [0.717, 1.165) is 17.1 Å². The van der Waals surface area contributed by atoms with Crippen molar-refractivity contribution in [3.8, 4) is 22.8 Å². The van der Waals surface area contributed by atoms with Crippen molar-refractivity contribution in [2.75, 3.05) is 43.2 Å². The summed E-state index contributed by atoms with van der Waals surface area (Å²) in [6.45, 7) is 4.90. The number of nitrogens with one attached hydrogen (secondary N) is 1. The van der Waals surface area contributed by atoms with Crippen LogP contribution in [0.15, 0.2) is 54.6 Å². The molecule has 8 nitrogen and oxygen atoms in total. The molecule has 0 aliphatic carbocycles. The lowest BCUT2D eigenvalue weighted by Gasteiger charge is -2.35. The molecule has 5 rings (SSSR count). The minimum atomic E-state index is -0.126. The van der Waals surface area contributed by atoms with Crippen LogP contribution in [0.4, 0.5) is 16.3 Å². The molecular formula is C23H23N5O3. The van der Waals surface area contributed by atoms with Gasteiger partial charge in [0.15, 0.2) is 17.3 Å². The van der Waals surface area contributed by atoms with E-state index in [1.165, 1.54) is 5.56 Å². The van der Waals surface area contributed by atoms with Crippen molar-refractivity contribution in [2.24, 2.45) is 0 Å². The van der Waals surface area contributed by atoms with Crippen molar-refractivity contribution >= 4 is 17.5 Å². The molecule has 2 aromatic carbocycles. The quantitative estimate of drug-likeness (QED) is 0.702. The van der Waals surface area contributed by atoms with Crippen molar-refractivity contribution in [1.82, 2.24) is 15.1 Å². The maximum atomic E-state index is 12.6. The van der Waals surface area contributed by atoms with E-state index in [9.17, 15) is 4.79 Å². The summed E-state index contributed by atoms with van der Waals surface area (Å²) in [6, 6.07) is 17.5. The van der Waals surface area contributed by atoms with Crippen LogP contribution in [-0.4, -0.2) is 54.1 Å². The van der Waals surface area contributed by atoms with Crippen LogP contribution in [0.1, 0.15) is 5.56 Å². The highest BCUT2D eigenvalue weighted by molar-refractivity contribution is 5.90. The number of nitrogens with zero attached hydrogens (tertiary/aromatic N) is 4. The molecule has 0 radical (unpaired) electrons. The zero-order valence-corrected chi connectivity index (χ0v) is 17.2. The second-order valence-electron chi connectivity index (χ2n) is 7.62. The number of urea groups is 1. The Bertz CT molecular complexity index is 1080. The van der Waals surface area contributed by atoms with Crippen molar-refractivity contribution in [2.45, 2.75) is 6.92 Å². The Morgan fingerprint density at radius 3 is 2.42 bits per heavy atom. The van der Waals surface area contributed by atoms with Gasteiger partial charge in [-0.05, 0) is 31.2 Å². The lowest BCUT2D eigenvalue weighted by atomic mass is 10.1. The number of carbonyl (C=O) groups is 1. The topological polar surface area (TPSA) is 79.8 Å². The number of ether oxygens (including phenoxy) is 2. The van der Waals surface area contributed by atoms with Gasteiger partial charge in [-0.1, -0.05) is 29.8 Å². The van der Waals surface area contributed by atoms with Gasteiger partial charge in [-0.3, -0.25) is 0 Å². The molecule has 0 bridgehead atoms. The minimum Gasteiger partial charge on any atom is -0.454 e. The van der Waals surface area contributed by atoms with Gasteiger partial charge in [0.25, 0.3) is 0 Å². The van der Waals surface area contributed by atoms with Crippen LogP contribution in [-0.2, 0) is 0 Å². The first-order valence-electron chi connectivity index (χ1n) is 10.3. The van der Waals surface area contributed by atoms with Crippen LogP contribution in [0.3, 0.4) is 0 Å². The number of piperazine rings is 1. The molecule has 1 fully saturated rings. The molecule has 3 heterocycles. The summed E-state index contributed by atoms with van der Waals surface area (Å²) in [5.41, 5.74) is 3.81. The van der Waals surface area contributed by atoms with E-state index in [0.29, 0.717) is 43.4 Å². The Labute approximate surface area is 180 Å². The molecule has 158 valence electrons. The summed E-state index contributed by atoms with van der Waals surface area (Å²) in [5.74, 6) is 2.17. The molecule has 3 aromatic rings. The van der Waals surface area contributed by atoms with Crippen molar-refractivity contribution < 1.29 is 14.3 Å². The van der Waals surface area contributed by atoms with Crippen LogP contribution >= 0.6 is 0 Å². The van der Waals surface area contributed by atoms with Crippen LogP contribution in [0.5, 0.6) is 11.5 Å². The number of hydrogen-bond donors (Lipinski definition) is 1. The van der Waals surface area contributed by atoms with Gasteiger partial charge in [0.1, 0.15) is 0 Å². The van der Waals surface area contributed by atoms with Gasteiger partial charge in [-0.2, -0.15) is 0 Å². The van der Waals surface area contributed by atoms with Gasteiger partial charge >= 0.3 is 6.03 Å². The molecule has 2 aliphatic heterocycles. The molecule has 1 N–H and O–H groups in total. The molecule has 1 saturated heterocycles. The molecule has 31 heavy (non-hydrogen) atoms. The van der Waals surface area contributed by atoms with Crippen LogP contribution in [0, 0.1) is 6.92 Å². The minimum absolute atomic E-state index is 0.126. The highest BCUT2D eigenvalue weighted by atomic mass is 16.7. The Balaban J connectivity index is 1.17. The first-order valence-corrected chi connectivity index (χ1v) is 10.3. The van der Waals surface area contributed by atoms with E-state index in [-0.39, 0.29) is 12.8 Å². The second kappa shape index (κ2) is 8.14. The average Bonchev–Trinajstić information content (AvgIpc) is 3.28. The molecule has 0 spiro atoms. The van der Waals surface area contributed by atoms with Gasteiger partial charge in [0.05, 0.1) is 5.69 Å². The number of aromatic nitrogens is 2. The highest BCUT2D eigenvalue weighted by Crippen LogP contribution is 2.34. The van der Waals surface area contributed by atoms with Crippen molar-refractivity contribution in [1.29, 1.82) is 0 Å². The SMILES string of the molecule is Cc1ccc(-c2ccc(N3CCN(C(=O)Nc4ccc5c(c4)OCO5)CC3)nn2)cc1. The van der Waals surface area contributed by atoms with Crippen LogP contribution < -0.4 is 19.7 Å². The van der Waals surface area contributed by atoms with E-state index >= 15 is 0 Å². The van der Waals surface area contributed by atoms with Gasteiger partial charge in [-0.15, -0.1) is 10.2 Å². The number of amides is 2. The first kappa shape index (κ1) is 19.2. The Hall–Kier alpha value is -3.81. The molecule has 1 aromatic heterocycles. The van der Waals surface area contributed by atoms with Crippen molar-refractivity contribution in [3.63, 3.8) is 0 Å². The molecule has 2 amide bonds. The summed E-state index contributed by atoms with van der Waals surface area (Å²) < 4.78 is 10.7. The zero-order valence-electron chi connectivity index (χ0n) is 17.2. The number of benzene rings is 2. The molecule has 0 unspecified atom stereocenters. The second-order valence-corrected chi connectivity index (χ2v) is 7.62. The first-order chi connectivity index (χ1) is 15.2. The number of anilines is 2. The number of hydrogen-bond acceptors (Lipinski definition) is 6. The van der Waals surface area contributed by atoms with Gasteiger partial charge < -0.3 is 24.6 Å². The van der Waals surface area contributed by atoms with Crippen LogP contribution in [0.25, 0.3) is 11.3 Å². The number of fused-ring (bicyclic) bond motifs is 1. The highest BCUT2D eigenvalue weighted by Gasteiger charge is 2.23. The lowest BCUT2D eigenvalue weighted by Crippen LogP contribution is -2.50.